The smallest absolute Gasteiger partial charge is 0.534 e. The molecule has 7 nitrogen and oxygen atoms in total. The van der Waals surface area contributed by atoms with Gasteiger partial charge in [0.05, 0.1) is 24.6 Å². The first-order valence-corrected chi connectivity index (χ1v) is 8.74. The zero-order chi connectivity index (χ0) is 18.0. The molecule has 8 heteroatoms. The lowest BCUT2D eigenvalue weighted by Gasteiger charge is -2.35. The van der Waals surface area contributed by atoms with Crippen LogP contribution in [-0.2, 0) is 17.8 Å². The molecule has 1 aromatic carbocycles. The monoisotopic (exact) mass is 348 g/mol. The molecule has 1 saturated carbocycles. The van der Waals surface area contributed by atoms with E-state index in [0.717, 1.165) is 5.56 Å². The molecule has 1 atom stereocenters. The molecule has 3 rings (SSSR count). The molecule has 1 aliphatic carbocycles. The SMILES string of the molecule is NC1CCC(O)(CC(=O)NC2Cc3cccc(CO)c3OB2O)CC1. The number of aliphatic hydroxyl groups is 2. The second-order valence-corrected chi connectivity index (χ2v) is 7.19. The molecule has 0 spiro atoms. The maximum atomic E-state index is 12.3. The number of amides is 1. The number of carbonyl (C=O) groups excluding carboxylic acids is 1. The second-order valence-electron chi connectivity index (χ2n) is 7.19. The fraction of sp³-hybridized carbons (Fsp3) is 0.588. The standard InChI is InChI=1S/C17H25BN2O5/c19-13-4-6-17(23,7-5-13)9-15(22)20-14-8-11-2-1-3-12(10-21)16(11)25-18(14)24/h1-3,13-14,21,23-24H,4-10,19H2,(H,20,22). The van der Waals surface area contributed by atoms with Gasteiger partial charge in [0, 0.05) is 11.6 Å². The fourth-order valence-corrected chi connectivity index (χ4v) is 3.65. The highest BCUT2D eigenvalue weighted by Crippen LogP contribution is 2.32. The van der Waals surface area contributed by atoms with Crippen LogP contribution in [0.4, 0.5) is 0 Å². The summed E-state index contributed by atoms with van der Waals surface area (Å²) in [4.78, 5) is 12.3. The molecule has 6 N–H and O–H groups in total. The number of aliphatic hydroxyl groups excluding tert-OH is 1. The van der Waals surface area contributed by atoms with E-state index in [9.17, 15) is 20.0 Å². The zero-order valence-corrected chi connectivity index (χ0v) is 14.1. The van der Waals surface area contributed by atoms with Crippen LogP contribution >= 0.6 is 0 Å². The molecular formula is C17H25BN2O5. The van der Waals surface area contributed by atoms with Crippen molar-refractivity contribution in [2.75, 3.05) is 0 Å². The summed E-state index contributed by atoms with van der Waals surface area (Å²) in [6.45, 7) is -0.178. The van der Waals surface area contributed by atoms with E-state index in [2.05, 4.69) is 5.32 Å². The van der Waals surface area contributed by atoms with E-state index in [0.29, 0.717) is 43.4 Å². The minimum atomic E-state index is -1.20. The number of hydrogen-bond donors (Lipinski definition) is 5. The van der Waals surface area contributed by atoms with Gasteiger partial charge in [-0.1, -0.05) is 18.2 Å². The Morgan fingerprint density at radius 1 is 1.40 bits per heavy atom. The molecule has 1 aromatic rings. The maximum Gasteiger partial charge on any atom is 0.547 e. The summed E-state index contributed by atoms with van der Waals surface area (Å²) < 4.78 is 5.50. The Bertz CT molecular complexity index is 633. The van der Waals surface area contributed by atoms with Gasteiger partial charge in [-0.3, -0.25) is 4.79 Å². The lowest BCUT2D eigenvalue weighted by Crippen LogP contribution is -2.54. The first kappa shape index (κ1) is 18.2. The van der Waals surface area contributed by atoms with E-state index in [1.165, 1.54) is 0 Å². The third-order valence-electron chi connectivity index (χ3n) is 5.17. The van der Waals surface area contributed by atoms with Gasteiger partial charge in [-0.25, -0.2) is 0 Å². The summed E-state index contributed by atoms with van der Waals surface area (Å²) in [6.07, 6.45) is 2.82. The molecule has 1 fully saturated rings. The van der Waals surface area contributed by atoms with Crippen molar-refractivity contribution in [2.45, 2.75) is 62.7 Å². The van der Waals surface area contributed by atoms with Gasteiger partial charge in [0.1, 0.15) is 5.75 Å². The van der Waals surface area contributed by atoms with E-state index in [1.54, 1.807) is 12.1 Å². The average Bonchev–Trinajstić information content (AvgIpc) is 2.58. The van der Waals surface area contributed by atoms with Gasteiger partial charge in [-0.15, -0.1) is 0 Å². The van der Waals surface area contributed by atoms with Crippen molar-refractivity contribution in [1.29, 1.82) is 0 Å². The van der Waals surface area contributed by atoms with E-state index in [4.69, 9.17) is 10.4 Å². The topological polar surface area (TPSA) is 125 Å². The Hall–Kier alpha value is -1.61. The molecule has 0 aromatic heterocycles. The first-order valence-electron chi connectivity index (χ1n) is 8.74. The van der Waals surface area contributed by atoms with Crippen molar-refractivity contribution in [1.82, 2.24) is 5.32 Å². The summed E-state index contributed by atoms with van der Waals surface area (Å²) >= 11 is 0. The predicted octanol–water partition coefficient (Wildman–Crippen LogP) is -0.359. The summed E-state index contributed by atoms with van der Waals surface area (Å²) in [5.41, 5.74) is 6.25. The molecule has 0 saturated heterocycles. The second kappa shape index (κ2) is 7.33. The molecule has 136 valence electrons. The van der Waals surface area contributed by atoms with E-state index >= 15 is 0 Å². The van der Waals surface area contributed by atoms with Crippen LogP contribution in [0, 0.1) is 0 Å². The Labute approximate surface area is 147 Å². The molecule has 25 heavy (non-hydrogen) atoms. The fourth-order valence-electron chi connectivity index (χ4n) is 3.65. The van der Waals surface area contributed by atoms with Crippen LogP contribution < -0.4 is 15.7 Å². The molecule has 1 heterocycles. The Balaban J connectivity index is 1.62. The highest BCUT2D eigenvalue weighted by molar-refractivity contribution is 6.46. The van der Waals surface area contributed by atoms with Gasteiger partial charge >= 0.3 is 7.12 Å². The third kappa shape index (κ3) is 4.15. The van der Waals surface area contributed by atoms with Crippen LogP contribution in [0.5, 0.6) is 5.75 Å². The quantitative estimate of drug-likeness (QED) is 0.473. The van der Waals surface area contributed by atoms with Crippen LogP contribution in [0.25, 0.3) is 0 Å². The number of nitrogens with one attached hydrogen (secondary N) is 1. The van der Waals surface area contributed by atoms with Crippen molar-refractivity contribution < 1.29 is 24.7 Å². The van der Waals surface area contributed by atoms with Gasteiger partial charge in [-0.2, -0.15) is 0 Å². The summed E-state index contributed by atoms with van der Waals surface area (Å²) in [5.74, 6) is -0.432. The van der Waals surface area contributed by atoms with Crippen molar-refractivity contribution in [3.05, 3.63) is 29.3 Å². The Morgan fingerprint density at radius 2 is 2.12 bits per heavy atom. The summed E-state index contributed by atoms with van der Waals surface area (Å²) in [6, 6.07) is 5.47. The number of fused-ring (bicyclic) bond motifs is 1. The number of hydrogen-bond acceptors (Lipinski definition) is 6. The number of para-hydroxylation sites is 1. The lowest BCUT2D eigenvalue weighted by atomic mass is 9.72. The highest BCUT2D eigenvalue weighted by Gasteiger charge is 2.39. The molecule has 0 bridgehead atoms. The van der Waals surface area contributed by atoms with Crippen molar-refractivity contribution in [2.24, 2.45) is 5.73 Å². The molecule has 1 aliphatic heterocycles. The first-order chi connectivity index (χ1) is 11.9. The van der Waals surface area contributed by atoms with Crippen LogP contribution in [0.15, 0.2) is 18.2 Å². The van der Waals surface area contributed by atoms with Crippen LogP contribution in [0.1, 0.15) is 43.2 Å². The van der Waals surface area contributed by atoms with Crippen LogP contribution in [0.2, 0.25) is 0 Å². The molecular weight excluding hydrogens is 323 g/mol. The van der Waals surface area contributed by atoms with Crippen LogP contribution in [-0.4, -0.2) is 45.8 Å². The lowest BCUT2D eigenvalue weighted by molar-refractivity contribution is -0.128. The van der Waals surface area contributed by atoms with Crippen molar-refractivity contribution in [3.8, 4) is 5.75 Å². The predicted molar refractivity (Wildman–Crippen MR) is 92.6 cm³/mol. The van der Waals surface area contributed by atoms with E-state index < -0.39 is 18.7 Å². The normalized spacial score (nSPS) is 28.9. The van der Waals surface area contributed by atoms with Crippen molar-refractivity contribution in [3.63, 3.8) is 0 Å². The molecule has 1 amide bonds. The third-order valence-corrected chi connectivity index (χ3v) is 5.17. The van der Waals surface area contributed by atoms with Crippen molar-refractivity contribution >= 4 is 13.0 Å². The van der Waals surface area contributed by atoms with Gasteiger partial charge in [0.15, 0.2) is 0 Å². The van der Waals surface area contributed by atoms with E-state index in [1.807, 2.05) is 6.07 Å². The van der Waals surface area contributed by atoms with Gasteiger partial charge in [0.25, 0.3) is 0 Å². The van der Waals surface area contributed by atoms with E-state index in [-0.39, 0.29) is 25.0 Å². The molecule has 0 radical (unpaired) electrons. The molecule has 1 unspecified atom stereocenters. The van der Waals surface area contributed by atoms with Gasteiger partial charge < -0.3 is 30.9 Å². The zero-order valence-electron chi connectivity index (χ0n) is 14.1. The number of benzene rings is 1. The number of nitrogens with two attached hydrogens (primary N) is 1. The largest absolute Gasteiger partial charge is 0.547 e. The van der Waals surface area contributed by atoms with Gasteiger partial charge in [0.2, 0.25) is 5.91 Å². The average molecular weight is 348 g/mol. The highest BCUT2D eigenvalue weighted by atomic mass is 16.5. The minimum absolute atomic E-state index is 0.00746. The summed E-state index contributed by atoms with van der Waals surface area (Å²) in [7, 11) is -1.20. The Morgan fingerprint density at radius 3 is 2.80 bits per heavy atom. The maximum absolute atomic E-state index is 12.3. The number of rotatable bonds is 4. The van der Waals surface area contributed by atoms with Crippen LogP contribution in [0.3, 0.4) is 0 Å². The Kier molecular flexibility index (Phi) is 5.33. The minimum Gasteiger partial charge on any atom is -0.534 e. The number of carbonyl (C=O) groups is 1. The van der Waals surface area contributed by atoms with Gasteiger partial charge in [-0.05, 0) is 37.7 Å². The molecule has 2 aliphatic rings. The summed E-state index contributed by atoms with van der Waals surface area (Å²) in [5, 5.41) is 32.9.